The van der Waals surface area contributed by atoms with Gasteiger partial charge in [-0.15, -0.1) is 0 Å². The highest BCUT2D eigenvalue weighted by atomic mass is 35.5. The molecule has 0 fully saturated rings. The summed E-state index contributed by atoms with van der Waals surface area (Å²) in [6.07, 6.45) is 1.11. The van der Waals surface area contributed by atoms with Gasteiger partial charge in [0.05, 0.1) is 6.61 Å². The van der Waals surface area contributed by atoms with Gasteiger partial charge in [-0.3, -0.25) is 4.79 Å². The van der Waals surface area contributed by atoms with Crippen LogP contribution < -0.4 is 4.74 Å². The van der Waals surface area contributed by atoms with Gasteiger partial charge in [0.25, 0.3) is 0 Å². The number of hydrogen-bond donors (Lipinski definition) is 0. The molecular weight excluding hydrogens is 310 g/mol. The molecule has 4 heteroatoms. The van der Waals surface area contributed by atoms with Crippen LogP contribution in [-0.4, -0.2) is 24.5 Å². The molecule has 0 saturated carbocycles. The first-order chi connectivity index (χ1) is 11.1. The van der Waals surface area contributed by atoms with Gasteiger partial charge in [-0.25, -0.2) is 0 Å². The highest BCUT2D eigenvalue weighted by molar-refractivity contribution is 6.31. The molecule has 0 atom stereocenters. The third-order valence-corrected chi connectivity index (χ3v) is 4.01. The Hall–Kier alpha value is -2.00. The summed E-state index contributed by atoms with van der Waals surface area (Å²) >= 11 is 6.12. The Kier molecular flexibility index (Phi) is 6.48. The fraction of sp³-hybridized carbons (Fsp3) is 0.316. The third-order valence-electron chi connectivity index (χ3n) is 3.65. The summed E-state index contributed by atoms with van der Waals surface area (Å²) in [5.74, 6) is 0.961. The van der Waals surface area contributed by atoms with Crippen LogP contribution in [-0.2, 0) is 17.8 Å². The van der Waals surface area contributed by atoms with E-state index in [0.29, 0.717) is 26.0 Å². The second-order valence-corrected chi connectivity index (χ2v) is 5.83. The maximum Gasteiger partial charge on any atom is 0.222 e. The third kappa shape index (κ3) is 5.29. The molecule has 0 aliphatic rings. The number of aryl methyl sites for hydroxylation is 1. The van der Waals surface area contributed by atoms with Crippen LogP contribution in [0.2, 0.25) is 5.02 Å². The van der Waals surface area contributed by atoms with Crippen molar-refractivity contribution in [2.75, 3.05) is 13.7 Å². The van der Waals surface area contributed by atoms with E-state index in [2.05, 4.69) is 0 Å². The van der Waals surface area contributed by atoms with E-state index >= 15 is 0 Å². The zero-order valence-electron chi connectivity index (χ0n) is 13.6. The first-order valence-electron chi connectivity index (χ1n) is 7.79. The second-order valence-electron chi connectivity index (χ2n) is 5.42. The van der Waals surface area contributed by atoms with Crippen molar-refractivity contribution < 1.29 is 9.53 Å². The first-order valence-corrected chi connectivity index (χ1v) is 8.17. The van der Waals surface area contributed by atoms with Crippen molar-refractivity contribution in [3.63, 3.8) is 0 Å². The number of halogens is 1. The summed E-state index contributed by atoms with van der Waals surface area (Å²) in [7, 11) is 1.82. The number of nitrogens with zero attached hydrogens (tertiary/aromatic N) is 1. The Labute approximate surface area is 142 Å². The summed E-state index contributed by atoms with van der Waals surface area (Å²) in [4.78, 5) is 14.0. The lowest BCUT2D eigenvalue weighted by molar-refractivity contribution is -0.130. The fourth-order valence-corrected chi connectivity index (χ4v) is 2.58. The van der Waals surface area contributed by atoms with Crippen LogP contribution in [0.25, 0.3) is 0 Å². The van der Waals surface area contributed by atoms with Gasteiger partial charge in [0.15, 0.2) is 0 Å². The molecule has 0 bridgehead atoms. The predicted octanol–water partition coefficient (Wildman–Crippen LogP) is 4.33. The standard InChI is InChI=1S/C19H22ClNO2/c1-3-23-17-11-8-15(9-12-17)14-21(2)19(22)13-10-16-6-4-5-7-18(16)20/h4-9,11-12H,3,10,13-14H2,1-2H3. The summed E-state index contributed by atoms with van der Waals surface area (Å²) in [6.45, 7) is 3.20. The molecule has 2 aromatic rings. The topological polar surface area (TPSA) is 29.5 Å². The monoisotopic (exact) mass is 331 g/mol. The zero-order chi connectivity index (χ0) is 16.7. The minimum absolute atomic E-state index is 0.110. The molecule has 0 aliphatic heterocycles. The van der Waals surface area contributed by atoms with Gasteiger partial charge in [-0.2, -0.15) is 0 Å². The number of carbonyl (C=O) groups excluding carboxylic acids is 1. The molecule has 122 valence electrons. The SMILES string of the molecule is CCOc1ccc(CN(C)C(=O)CCc2ccccc2Cl)cc1. The summed E-state index contributed by atoms with van der Waals surface area (Å²) in [6, 6.07) is 15.5. The van der Waals surface area contributed by atoms with Crippen LogP contribution in [0.15, 0.2) is 48.5 Å². The van der Waals surface area contributed by atoms with Gasteiger partial charge in [-0.05, 0) is 42.7 Å². The number of amides is 1. The van der Waals surface area contributed by atoms with E-state index in [0.717, 1.165) is 21.9 Å². The number of benzene rings is 2. The van der Waals surface area contributed by atoms with E-state index in [4.69, 9.17) is 16.3 Å². The first kappa shape index (κ1) is 17.4. The smallest absolute Gasteiger partial charge is 0.222 e. The lowest BCUT2D eigenvalue weighted by atomic mass is 10.1. The Morgan fingerprint density at radius 1 is 1.13 bits per heavy atom. The van der Waals surface area contributed by atoms with Crippen LogP contribution in [0.3, 0.4) is 0 Å². The van der Waals surface area contributed by atoms with Crippen molar-refractivity contribution in [3.05, 3.63) is 64.7 Å². The van der Waals surface area contributed by atoms with Crippen LogP contribution in [0.4, 0.5) is 0 Å². The van der Waals surface area contributed by atoms with E-state index in [-0.39, 0.29) is 5.91 Å². The minimum atomic E-state index is 0.110. The molecule has 0 N–H and O–H groups in total. The Balaban J connectivity index is 1.86. The zero-order valence-corrected chi connectivity index (χ0v) is 14.3. The molecule has 0 aromatic heterocycles. The van der Waals surface area contributed by atoms with Crippen LogP contribution in [0.1, 0.15) is 24.5 Å². The van der Waals surface area contributed by atoms with Crippen molar-refractivity contribution >= 4 is 17.5 Å². The number of ether oxygens (including phenoxy) is 1. The molecule has 0 unspecified atom stereocenters. The molecule has 2 rings (SSSR count). The van der Waals surface area contributed by atoms with Gasteiger partial charge in [-0.1, -0.05) is 41.9 Å². The Bertz CT molecular complexity index is 640. The van der Waals surface area contributed by atoms with Gasteiger partial charge >= 0.3 is 0 Å². The van der Waals surface area contributed by atoms with Crippen LogP contribution in [0.5, 0.6) is 5.75 Å². The van der Waals surface area contributed by atoms with Gasteiger partial charge in [0.1, 0.15) is 5.75 Å². The number of rotatable bonds is 7. The minimum Gasteiger partial charge on any atom is -0.494 e. The number of carbonyl (C=O) groups is 1. The molecule has 0 radical (unpaired) electrons. The molecule has 2 aromatic carbocycles. The van der Waals surface area contributed by atoms with Crippen molar-refractivity contribution in [1.82, 2.24) is 4.90 Å². The van der Waals surface area contributed by atoms with Crippen LogP contribution in [0, 0.1) is 0 Å². The molecule has 0 spiro atoms. The van der Waals surface area contributed by atoms with Crippen molar-refractivity contribution in [3.8, 4) is 5.75 Å². The molecule has 1 amide bonds. The Morgan fingerprint density at radius 3 is 2.48 bits per heavy atom. The second kappa shape index (κ2) is 8.59. The highest BCUT2D eigenvalue weighted by Gasteiger charge is 2.10. The molecule has 0 aliphatic carbocycles. The summed E-state index contributed by atoms with van der Waals surface area (Å²) in [5.41, 5.74) is 2.10. The lowest BCUT2D eigenvalue weighted by Gasteiger charge is -2.17. The average molecular weight is 332 g/mol. The molecule has 3 nitrogen and oxygen atoms in total. The van der Waals surface area contributed by atoms with E-state index in [1.807, 2.05) is 62.5 Å². The average Bonchev–Trinajstić information content (AvgIpc) is 2.56. The lowest BCUT2D eigenvalue weighted by Crippen LogP contribution is -2.26. The quantitative estimate of drug-likeness (QED) is 0.755. The molecule has 0 saturated heterocycles. The largest absolute Gasteiger partial charge is 0.494 e. The van der Waals surface area contributed by atoms with E-state index < -0.39 is 0 Å². The van der Waals surface area contributed by atoms with Crippen LogP contribution >= 0.6 is 11.6 Å². The molecule has 0 heterocycles. The maximum absolute atomic E-state index is 12.3. The molecule has 23 heavy (non-hydrogen) atoms. The normalized spacial score (nSPS) is 10.4. The highest BCUT2D eigenvalue weighted by Crippen LogP contribution is 2.17. The number of hydrogen-bond acceptors (Lipinski definition) is 2. The van der Waals surface area contributed by atoms with Gasteiger partial charge in [0.2, 0.25) is 5.91 Å². The van der Waals surface area contributed by atoms with E-state index in [1.54, 1.807) is 4.90 Å². The Morgan fingerprint density at radius 2 is 1.83 bits per heavy atom. The van der Waals surface area contributed by atoms with Crippen molar-refractivity contribution in [1.29, 1.82) is 0 Å². The summed E-state index contributed by atoms with van der Waals surface area (Å²) < 4.78 is 5.42. The van der Waals surface area contributed by atoms with E-state index in [9.17, 15) is 4.79 Å². The predicted molar refractivity (Wildman–Crippen MR) is 93.9 cm³/mol. The van der Waals surface area contributed by atoms with E-state index in [1.165, 1.54) is 0 Å². The fourth-order valence-electron chi connectivity index (χ4n) is 2.35. The van der Waals surface area contributed by atoms with Gasteiger partial charge < -0.3 is 9.64 Å². The van der Waals surface area contributed by atoms with Crippen molar-refractivity contribution in [2.24, 2.45) is 0 Å². The van der Waals surface area contributed by atoms with Gasteiger partial charge in [0, 0.05) is 25.0 Å². The molecular formula is C19H22ClNO2. The maximum atomic E-state index is 12.3. The van der Waals surface area contributed by atoms with Crippen molar-refractivity contribution in [2.45, 2.75) is 26.3 Å². The summed E-state index contributed by atoms with van der Waals surface area (Å²) in [5, 5.41) is 0.717.